The Kier molecular flexibility index (Phi) is 4.93. The number of anilines is 1. The molecule has 2 aromatic heterocycles. The Morgan fingerprint density at radius 2 is 1.93 bits per heavy atom. The van der Waals surface area contributed by atoms with Gasteiger partial charge in [0.1, 0.15) is 17.6 Å². The van der Waals surface area contributed by atoms with Crippen LogP contribution in [0.5, 0.6) is 5.75 Å². The van der Waals surface area contributed by atoms with Crippen molar-refractivity contribution in [3.05, 3.63) is 36.8 Å². The molecular weight excluding hydrogens is 385 g/mol. The highest BCUT2D eigenvalue weighted by Gasteiger charge is 2.46. The summed E-state index contributed by atoms with van der Waals surface area (Å²) in [6, 6.07) is 4.82. The molecule has 30 heavy (non-hydrogen) atoms. The third-order valence-electron chi connectivity index (χ3n) is 5.41. The van der Waals surface area contributed by atoms with Gasteiger partial charge in [0.25, 0.3) is 0 Å². The minimum atomic E-state index is -1.12. The van der Waals surface area contributed by atoms with Crippen LogP contribution in [0.1, 0.15) is 34.1 Å². The van der Waals surface area contributed by atoms with E-state index in [2.05, 4.69) is 36.0 Å². The van der Waals surface area contributed by atoms with Crippen molar-refractivity contribution in [2.75, 3.05) is 5.32 Å². The summed E-state index contributed by atoms with van der Waals surface area (Å²) in [5.41, 5.74) is 1.75. The van der Waals surface area contributed by atoms with Crippen LogP contribution in [-0.2, 0) is 0 Å². The van der Waals surface area contributed by atoms with E-state index in [-0.39, 0.29) is 17.2 Å². The second kappa shape index (κ2) is 7.32. The first-order valence-corrected chi connectivity index (χ1v) is 9.87. The number of aromatic amines is 1. The zero-order chi connectivity index (χ0) is 21.5. The molecule has 9 heteroatoms. The molecule has 8 nitrogen and oxygen atoms in total. The monoisotopic (exact) mass is 411 g/mol. The fraction of sp³-hybridized carbons (Fsp3) is 0.429. The maximum absolute atomic E-state index is 15.0. The van der Waals surface area contributed by atoms with Crippen LogP contribution in [0.3, 0.4) is 0 Å². The van der Waals surface area contributed by atoms with Gasteiger partial charge in [-0.2, -0.15) is 5.10 Å². The molecule has 0 saturated carbocycles. The van der Waals surface area contributed by atoms with Gasteiger partial charge in [-0.1, -0.05) is 6.07 Å². The lowest BCUT2D eigenvalue weighted by Crippen LogP contribution is -2.67. The summed E-state index contributed by atoms with van der Waals surface area (Å²) in [6.45, 7) is 7.80. The third-order valence-corrected chi connectivity index (χ3v) is 5.41. The number of aromatic hydroxyl groups is 1. The van der Waals surface area contributed by atoms with Crippen LogP contribution < -0.4 is 10.6 Å². The molecule has 4 rings (SSSR count). The molecule has 158 valence electrons. The molecular formula is C21H26FN7O. The minimum Gasteiger partial charge on any atom is -0.507 e. The number of benzene rings is 1. The van der Waals surface area contributed by atoms with Crippen LogP contribution >= 0.6 is 0 Å². The van der Waals surface area contributed by atoms with Crippen LogP contribution in [0.15, 0.2) is 36.8 Å². The van der Waals surface area contributed by atoms with E-state index in [4.69, 9.17) is 0 Å². The van der Waals surface area contributed by atoms with Crippen molar-refractivity contribution < 1.29 is 9.50 Å². The van der Waals surface area contributed by atoms with Crippen molar-refractivity contribution >= 4 is 5.95 Å². The number of rotatable bonds is 4. The number of H-pyrrole nitrogens is 1. The highest BCUT2D eigenvalue weighted by Crippen LogP contribution is 2.34. The second-order valence-corrected chi connectivity index (χ2v) is 8.97. The van der Waals surface area contributed by atoms with Crippen LogP contribution in [0.25, 0.3) is 22.4 Å². The zero-order valence-electron chi connectivity index (χ0n) is 17.4. The minimum absolute atomic E-state index is 0.0659. The molecule has 1 fully saturated rings. The number of halogens is 1. The summed E-state index contributed by atoms with van der Waals surface area (Å²) in [7, 11) is 0. The Bertz CT molecular complexity index is 1020. The largest absolute Gasteiger partial charge is 0.507 e. The van der Waals surface area contributed by atoms with E-state index in [1.54, 1.807) is 24.5 Å². The zero-order valence-corrected chi connectivity index (χ0v) is 17.4. The Labute approximate surface area is 174 Å². The lowest BCUT2D eigenvalue weighted by Gasteiger charge is -2.48. The Morgan fingerprint density at radius 3 is 2.57 bits per heavy atom. The Morgan fingerprint density at radius 1 is 1.13 bits per heavy atom. The number of piperidine rings is 1. The summed E-state index contributed by atoms with van der Waals surface area (Å²) in [5.74, 6) is 0.325. The standard InChI is InChI=1S/C21H26FN7O/c1-20(2)8-15(18(22)21(3,4)29-20)26-19-23-11-16(27-28-19)14-6-5-12(7-17(14)30)13-9-24-25-10-13/h5-7,9-11,15,18,29-30H,8H2,1-4H3,(H,24,25)(H,23,26,28). The van der Waals surface area contributed by atoms with Crippen LogP contribution in [-0.4, -0.2) is 53.8 Å². The highest BCUT2D eigenvalue weighted by atomic mass is 19.1. The van der Waals surface area contributed by atoms with Crippen molar-refractivity contribution in [2.45, 2.75) is 57.4 Å². The van der Waals surface area contributed by atoms with E-state index in [1.807, 2.05) is 33.8 Å². The number of alkyl halides is 1. The number of aromatic nitrogens is 5. The Balaban J connectivity index is 1.52. The molecule has 4 N–H and O–H groups in total. The SMILES string of the molecule is CC1(C)CC(Nc2ncc(-c3ccc(-c4cn[nH]c4)cc3O)nn2)C(F)C(C)(C)N1. The molecule has 2 atom stereocenters. The van der Waals surface area contributed by atoms with E-state index < -0.39 is 17.8 Å². The molecule has 3 aromatic rings. The fourth-order valence-electron chi connectivity index (χ4n) is 4.24. The lowest BCUT2D eigenvalue weighted by atomic mass is 9.78. The summed E-state index contributed by atoms with van der Waals surface area (Å²) >= 11 is 0. The maximum Gasteiger partial charge on any atom is 0.243 e. The maximum atomic E-state index is 15.0. The summed E-state index contributed by atoms with van der Waals surface area (Å²) in [4.78, 5) is 4.29. The van der Waals surface area contributed by atoms with Crippen molar-refractivity contribution in [3.63, 3.8) is 0 Å². The van der Waals surface area contributed by atoms with Gasteiger partial charge in [-0.3, -0.25) is 5.10 Å². The Hall–Kier alpha value is -3.07. The predicted molar refractivity (Wildman–Crippen MR) is 113 cm³/mol. The molecule has 0 amide bonds. The van der Waals surface area contributed by atoms with Gasteiger partial charge in [0.2, 0.25) is 5.95 Å². The number of phenols is 1. The number of phenolic OH excluding ortho intramolecular Hbond substituents is 1. The molecule has 3 heterocycles. The first-order chi connectivity index (χ1) is 14.1. The normalized spacial score (nSPS) is 22.6. The molecule has 1 saturated heterocycles. The van der Waals surface area contributed by atoms with Gasteiger partial charge >= 0.3 is 0 Å². The van der Waals surface area contributed by atoms with Gasteiger partial charge in [-0.25, -0.2) is 9.37 Å². The number of hydrogen-bond donors (Lipinski definition) is 4. The van der Waals surface area contributed by atoms with Crippen LogP contribution in [0.2, 0.25) is 0 Å². The second-order valence-electron chi connectivity index (χ2n) is 8.97. The number of nitrogens with one attached hydrogen (secondary N) is 3. The quantitative estimate of drug-likeness (QED) is 0.521. The summed E-state index contributed by atoms with van der Waals surface area (Å²) in [5, 5.41) is 31.8. The number of hydrogen-bond acceptors (Lipinski definition) is 7. The average molecular weight is 411 g/mol. The van der Waals surface area contributed by atoms with Gasteiger partial charge in [-0.05, 0) is 51.8 Å². The van der Waals surface area contributed by atoms with Crippen molar-refractivity contribution in [2.24, 2.45) is 0 Å². The topological polar surface area (TPSA) is 112 Å². The molecule has 1 aliphatic rings. The summed E-state index contributed by atoms with van der Waals surface area (Å²) in [6.07, 6.45) is 4.41. The highest BCUT2D eigenvalue weighted by molar-refractivity contribution is 5.73. The van der Waals surface area contributed by atoms with Crippen LogP contribution in [0.4, 0.5) is 10.3 Å². The van der Waals surface area contributed by atoms with Gasteiger partial charge in [-0.15, -0.1) is 10.2 Å². The fourth-order valence-corrected chi connectivity index (χ4v) is 4.24. The van der Waals surface area contributed by atoms with Crippen molar-refractivity contribution in [1.29, 1.82) is 0 Å². The molecule has 0 bridgehead atoms. The van der Waals surface area contributed by atoms with Crippen molar-refractivity contribution in [3.8, 4) is 28.1 Å². The van der Waals surface area contributed by atoms with E-state index in [9.17, 15) is 9.50 Å². The lowest BCUT2D eigenvalue weighted by molar-refractivity contribution is 0.0654. The van der Waals surface area contributed by atoms with Gasteiger partial charge in [0.05, 0.1) is 18.4 Å². The van der Waals surface area contributed by atoms with E-state index >= 15 is 0 Å². The van der Waals surface area contributed by atoms with E-state index in [1.165, 1.54) is 6.20 Å². The first-order valence-electron chi connectivity index (χ1n) is 9.87. The molecule has 0 spiro atoms. The van der Waals surface area contributed by atoms with Gasteiger partial charge in [0, 0.05) is 28.4 Å². The smallest absolute Gasteiger partial charge is 0.243 e. The average Bonchev–Trinajstić information content (AvgIpc) is 3.20. The van der Waals surface area contributed by atoms with Crippen molar-refractivity contribution in [1.82, 2.24) is 30.7 Å². The molecule has 0 radical (unpaired) electrons. The summed E-state index contributed by atoms with van der Waals surface area (Å²) < 4.78 is 15.0. The molecule has 1 aliphatic heterocycles. The molecule has 2 unspecified atom stereocenters. The van der Waals surface area contributed by atoms with E-state index in [0.29, 0.717) is 17.7 Å². The third kappa shape index (κ3) is 3.97. The first kappa shape index (κ1) is 20.2. The number of nitrogens with zero attached hydrogens (tertiary/aromatic N) is 4. The van der Waals surface area contributed by atoms with Gasteiger partial charge in [0.15, 0.2) is 0 Å². The van der Waals surface area contributed by atoms with E-state index in [0.717, 1.165) is 11.1 Å². The molecule has 1 aromatic carbocycles. The van der Waals surface area contributed by atoms with Crippen LogP contribution in [0, 0.1) is 0 Å². The molecule has 0 aliphatic carbocycles. The predicted octanol–water partition coefficient (Wildman–Crippen LogP) is 3.30. The van der Waals surface area contributed by atoms with Gasteiger partial charge < -0.3 is 15.7 Å².